The maximum Gasteiger partial charge on any atom is 0.148 e. The number of methoxy groups -OCH3 is 1. The van der Waals surface area contributed by atoms with Gasteiger partial charge in [-0.3, -0.25) is 0 Å². The number of hydrazine groups is 1. The van der Waals surface area contributed by atoms with Gasteiger partial charge in [-0.1, -0.05) is 6.92 Å². The van der Waals surface area contributed by atoms with E-state index in [0.717, 1.165) is 37.1 Å². The zero-order chi connectivity index (χ0) is 13.0. The van der Waals surface area contributed by atoms with E-state index in [9.17, 15) is 0 Å². The molecule has 100 valence electrons. The van der Waals surface area contributed by atoms with Gasteiger partial charge in [0.05, 0.1) is 6.10 Å². The van der Waals surface area contributed by atoms with E-state index in [4.69, 9.17) is 10.6 Å². The Morgan fingerprint density at radius 2 is 2.17 bits per heavy atom. The highest BCUT2D eigenvalue weighted by Gasteiger charge is 2.25. The molecule has 6 nitrogen and oxygen atoms in total. The fourth-order valence-electron chi connectivity index (χ4n) is 2.47. The van der Waals surface area contributed by atoms with E-state index in [1.807, 2.05) is 0 Å². The highest BCUT2D eigenvalue weighted by atomic mass is 16.5. The number of hydrogen-bond donors (Lipinski definition) is 3. The lowest BCUT2D eigenvalue weighted by Crippen LogP contribution is -2.20. The SMILES string of the molecule is CCc1c(NN)ncnc1NC1CCC(OC)C1. The van der Waals surface area contributed by atoms with Gasteiger partial charge in [0.25, 0.3) is 0 Å². The second-order valence-electron chi connectivity index (χ2n) is 4.56. The Morgan fingerprint density at radius 3 is 2.78 bits per heavy atom. The zero-order valence-electron chi connectivity index (χ0n) is 10.9. The molecule has 1 aromatic heterocycles. The number of anilines is 2. The number of ether oxygens (including phenoxy) is 1. The minimum atomic E-state index is 0.363. The fourth-order valence-corrected chi connectivity index (χ4v) is 2.47. The topological polar surface area (TPSA) is 85.1 Å². The monoisotopic (exact) mass is 251 g/mol. The summed E-state index contributed by atoms with van der Waals surface area (Å²) < 4.78 is 5.38. The molecule has 1 fully saturated rings. The van der Waals surface area contributed by atoms with Crippen molar-refractivity contribution < 1.29 is 4.74 Å². The molecule has 0 saturated heterocycles. The molecule has 1 saturated carbocycles. The van der Waals surface area contributed by atoms with Crippen LogP contribution in [0, 0.1) is 0 Å². The lowest BCUT2D eigenvalue weighted by atomic mass is 10.2. The summed E-state index contributed by atoms with van der Waals surface area (Å²) in [5.41, 5.74) is 3.64. The van der Waals surface area contributed by atoms with Gasteiger partial charge in [0.15, 0.2) is 0 Å². The average Bonchev–Trinajstić information content (AvgIpc) is 2.86. The molecule has 0 amide bonds. The van der Waals surface area contributed by atoms with Crippen LogP contribution in [0.2, 0.25) is 0 Å². The van der Waals surface area contributed by atoms with Crippen LogP contribution in [0.5, 0.6) is 0 Å². The number of hydrogen-bond acceptors (Lipinski definition) is 6. The van der Waals surface area contributed by atoms with Crippen molar-refractivity contribution in [3.05, 3.63) is 11.9 Å². The second-order valence-corrected chi connectivity index (χ2v) is 4.56. The van der Waals surface area contributed by atoms with Crippen LogP contribution in [0.15, 0.2) is 6.33 Å². The molecule has 6 heteroatoms. The summed E-state index contributed by atoms with van der Waals surface area (Å²) >= 11 is 0. The summed E-state index contributed by atoms with van der Waals surface area (Å²) in [6.07, 6.45) is 5.96. The Kier molecular flexibility index (Phi) is 4.33. The van der Waals surface area contributed by atoms with Crippen LogP contribution < -0.4 is 16.6 Å². The van der Waals surface area contributed by atoms with E-state index in [1.54, 1.807) is 7.11 Å². The van der Waals surface area contributed by atoms with Gasteiger partial charge in [0.2, 0.25) is 0 Å². The van der Waals surface area contributed by atoms with Crippen LogP contribution in [0.4, 0.5) is 11.6 Å². The molecule has 0 radical (unpaired) electrons. The maximum absolute atomic E-state index is 5.46. The van der Waals surface area contributed by atoms with E-state index in [0.29, 0.717) is 18.0 Å². The first kappa shape index (κ1) is 13.0. The molecule has 2 unspecified atom stereocenters. The third-order valence-corrected chi connectivity index (χ3v) is 3.49. The summed E-state index contributed by atoms with van der Waals surface area (Å²) in [6, 6.07) is 0.417. The van der Waals surface area contributed by atoms with Crippen LogP contribution >= 0.6 is 0 Å². The first-order chi connectivity index (χ1) is 8.78. The van der Waals surface area contributed by atoms with Gasteiger partial charge in [-0.15, -0.1) is 0 Å². The molecule has 1 heterocycles. The van der Waals surface area contributed by atoms with Gasteiger partial charge in [0, 0.05) is 18.7 Å². The smallest absolute Gasteiger partial charge is 0.148 e. The summed E-state index contributed by atoms with van der Waals surface area (Å²) in [4.78, 5) is 8.44. The normalized spacial score (nSPS) is 23.1. The van der Waals surface area contributed by atoms with Gasteiger partial charge in [-0.05, 0) is 25.7 Å². The molecule has 0 aromatic carbocycles. The summed E-state index contributed by atoms with van der Waals surface area (Å²) in [6.45, 7) is 2.07. The predicted octanol–water partition coefficient (Wildman–Crippen LogP) is 1.30. The van der Waals surface area contributed by atoms with Crippen molar-refractivity contribution in [1.82, 2.24) is 9.97 Å². The lowest BCUT2D eigenvalue weighted by molar-refractivity contribution is 0.108. The Morgan fingerprint density at radius 1 is 1.39 bits per heavy atom. The second kappa shape index (κ2) is 5.97. The van der Waals surface area contributed by atoms with Crippen LogP contribution in [-0.2, 0) is 11.2 Å². The Labute approximate surface area is 107 Å². The highest BCUT2D eigenvalue weighted by Crippen LogP contribution is 2.27. The third kappa shape index (κ3) is 2.70. The van der Waals surface area contributed by atoms with Crippen LogP contribution in [0.25, 0.3) is 0 Å². The molecule has 2 atom stereocenters. The van der Waals surface area contributed by atoms with Gasteiger partial charge in [-0.25, -0.2) is 15.8 Å². The standard InChI is InChI=1S/C12H21N5O/c1-3-10-11(14-7-15-12(10)17-13)16-8-4-5-9(6-8)18-2/h7-9H,3-6,13H2,1-2H3,(H2,14,15,16,17). The molecule has 2 rings (SSSR count). The largest absolute Gasteiger partial charge is 0.381 e. The Hall–Kier alpha value is -1.40. The van der Waals surface area contributed by atoms with Gasteiger partial charge in [-0.2, -0.15) is 0 Å². The van der Waals surface area contributed by atoms with Crippen molar-refractivity contribution in [3.8, 4) is 0 Å². The van der Waals surface area contributed by atoms with Crippen molar-refractivity contribution in [2.24, 2.45) is 5.84 Å². The molecule has 1 aromatic rings. The molecule has 0 bridgehead atoms. The molecular formula is C12H21N5O. The highest BCUT2D eigenvalue weighted by molar-refractivity contribution is 5.57. The van der Waals surface area contributed by atoms with E-state index in [-0.39, 0.29) is 0 Å². The summed E-state index contributed by atoms with van der Waals surface area (Å²) in [7, 11) is 1.77. The van der Waals surface area contributed by atoms with Crippen molar-refractivity contribution in [1.29, 1.82) is 0 Å². The molecule has 0 aliphatic heterocycles. The van der Waals surface area contributed by atoms with E-state index in [1.165, 1.54) is 6.33 Å². The first-order valence-electron chi connectivity index (χ1n) is 6.38. The van der Waals surface area contributed by atoms with Gasteiger partial charge >= 0.3 is 0 Å². The van der Waals surface area contributed by atoms with Gasteiger partial charge in [0.1, 0.15) is 18.0 Å². The first-order valence-corrected chi connectivity index (χ1v) is 6.38. The summed E-state index contributed by atoms with van der Waals surface area (Å²) in [5, 5.41) is 3.47. The van der Waals surface area contributed by atoms with Crippen molar-refractivity contribution in [2.45, 2.75) is 44.8 Å². The van der Waals surface area contributed by atoms with Crippen LogP contribution in [0.3, 0.4) is 0 Å². The number of nitrogen functional groups attached to an aromatic ring is 1. The van der Waals surface area contributed by atoms with Crippen LogP contribution in [0.1, 0.15) is 31.7 Å². The van der Waals surface area contributed by atoms with Crippen molar-refractivity contribution in [3.63, 3.8) is 0 Å². The number of nitrogens with zero attached hydrogens (tertiary/aromatic N) is 2. The molecule has 18 heavy (non-hydrogen) atoms. The molecule has 4 N–H and O–H groups in total. The fraction of sp³-hybridized carbons (Fsp3) is 0.667. The number of aromatic nitrogens is 2. The third-order valence-electron chi connectivity index (χ3n) is 3.49. The maximum atomic E-state index is 5.46. The van der Waals surface area contributed by atoms with Crippen molar-refractivity contribution in [2.75, 3.05) is 17.9 Å². The Bertz CT molecular complexity index is 398. The van der Waals surface area contributed by atoms with E-state index < -0.39 is 0 Å². The Balaban J connectivity index is 2.09. The predicted molar refractivity (Wildman–Crippen MR) is 71.3 cm³/mol. The average molecular weight is 251 g/mol. The summed E-state index contributed by atoms with van der Waals surface area (Å²) in [5.74, 6) is 7.03. The van der Waals surface area contributed by atoms with Gasteiger partial charge < -0.3 is 15.5 Å². The zero-order valence-corrected chi connectivity index (χ0v) is 10.9. The minimum absolute atomic E-state index is 0.363. The quantitative estimate of drug-likeness (QED) is 0.540. The number of nitrogens with two attached hydrogens (primary N) is 1. The van der Waals surface area contributed by atoms with E-state index >= 15 is 0 Å². The lowest BCUT2D eigenvalue weighted by Gasteiger charge is -2.17. The molecule has 0 spiro atoms. The van der Waals surface area contributed by atoms with Crippen LogP contribution in [-0.4, -0.2) is 29.2 Å². The number of nitrogens with one attached hydrogen (secondary N) is 2. The van der Waals surface area contributed by atoms with Crippen molar-refractivity contribution >= 4 is 11.6 Å². The van der Waals surface area contributed by atoms with E-state index in [2.05, 4.69) is 27.6 Å². The molecule has 1 aliphatic carbocycles. The molecule has 1 aliphatic rings. The molecular weight excluding hydrogens is 230 g/mol. The number of rotatable bonds is 5. The minimum Gasteiger partial charge on any atom is -0.381 e.